The molecule has 5 heteroatoms. The van der Waals surface area contributed by atoms with Crippen molar-refractivity contribution >= 4 is 0 Å². The van der Waals surface area contributed by atoms with E-state index in [1.165, 1.54) is 0 Å². The van der Waals surface area contributed by atoms with E-state index in [9.17, 15) is 19.0 Å². The predicted molar refractivity (Wildman–Crippen MR) is 60.0 cm³/mol. The molecule has 0 unspecified atom stereocenters. The van der Waals surface area contributed by atoms with Crippen LogP contribution in [0.4, 0.5) is 8.78 Å². The van der Waals surface area contributed by atoms with Gasteiger partial charge in [-0.05, 0) is 19.4 Å². The summed E-state index contributed by atoms with van der Waals surface area (Å²) >= 11 is 0. The van der Waals surface area contributed by atoms with Crippen LogP contribution < -0.4 is 0 Å². The molecule has 17 heavy (non-hydrogen) atoms. The fraction of sp³-hybridized carbons (Fsp3) is 1.00. The van der Waals surface area contributed by atoms with Gasteiger partial charge in [-0.2, -0.15) is 0 Å². The Morgan fingerprint density at radius 3 is 2.06 bits per heavy atom. The Morgan fingerprint density at radius 1 is 1.18 bits per heavy atom. The van der Waals surface area contributed by atoms with Crippen molar-refractivity contribution in [2.24, 2.45) is 5.41 Å². The number of piperidine rings is 1. The van der Waals surface area contributed by atoms with Crippen molar-refractivity contribution in [2.45, 2.75) is 44.1 Å². The first kappa shape index (κ1) is 13.2. The molecule has 3 nitrogen and oxygen atoms in total. The van der Waals surface area contributed by atoms with Crippen molar-refractivity contribution in [1.29, 1.82) is 0 Å². The number of hydrogen-bond acceptors (Lipinski definition) is 3. The highest BCUT2D eigenvalue weighted by Crippen LogP contribution is 2.59. The normalized spacial score (nSPS) is 30.9. The third-order valence-corrected chi connectivity index (χ3v) is 4.61. The summed E-state index contributed by atoms with van der Waals surface area (Å²) in [4.78, 5) is 2.19. The lowest BCUT2D eigenvalue weighted by molar-refractivity contribution is -0.261. The van der Waals surface area contributed by atoms with Crippen molar-refractivity contribution in [3.8, 4) is 0 Å². The Labute approximate surface area is 100 Å². The van der Waals surface area contributed by atoms with E-state index < -0.39 is 16.9 Å². The molecule has 1 saturated carbocycles. The number of halogens is 2. The van der Waals surface area contributed by atoms with Crippen molar-refractivity contribution in [3.05, 3.63) is 0 Å². The SMILES string of the molecule is CCN1CCC(O)(C2(CO)CC(F)(F)C2)CC1. The Hall–Kier alpha value is -0.260. The van der Waals surface area contributed by atoms with Gasteiger partial charge < -0.3 is 15.1 Å². The molecule has 1 aliphatic carbocycles. The lowest BCUT2D eigenvalue weighted by Gasteiger charge is -2.57. The summed E-state index contributed by atoms with van der Waals surface area (Å²) in [7, 11) is 0. The van der Waals surface area contributed by atoms with Gasteiger partial charge in [-0.25, -0.2) is 8.78 Å². The van der Waals surface area contributed by atoms with Gasteiger partial charge in [-0.15, -0.1) is 0 Å². The van der Waals surface area contributed by atoms with Crippen LogP contribution in [-0.4, -0.2) is 52.9 Å². The minimum absolute atomic E-state index is 0.342. The summed E-state index contributed by atoms with van der Waals surface area (Å²) in [5.41, 5.74) is -2.09. The first-order valence-corrected chi connectivity index (χ1v) is 6.30. The summed E-state index contributed by atoms with van der Waals surface area (Å²) in [6.07, 6.45) is 0.215. The van der Waals surface area contributed by atoms with Gasteiger partial charge in [0, 0.05) is 31.3 Å². The third kappa shape index (κ3) is 2.09. The molecule has 0 aromatic heterocycles. The van der Waals surface area contributed by atoms with Gasteiger partial charge in [0.15, 0.2) is 0 Å². The van der Waals surface area contributed by atoms with Gasteiger partial charge in [-0.1, -0.05) is 6.92 Å². The molecule has 2 fully saturated rings. The van der Waals surface area contributed by atoms with Gasteiger partial charge in [-0.3, -0.25) is 0 Å². The summed E-state index contributed by atoms with van der Waals surface area (Å²) in [6, 6.07) is 0. The van der Waals surface area contributed by atoms with Crippen LogP contribution >= 0.6 is 0 Å². The lowest BCUT2D eigenvalue weighted by Crippen LogP contribution is -2.65. The number of hydrogen-bond donors (Lipinski definition) is 2. The van der Waals surface area contributed by atoms with Crippen LogP contribution in [0.15, 0.2) is 0 Å². The minimum atomic E-state index is -2.71. The fourth-order valence-electron chi connectivity index (χ4n) is 3.30. The maximum atomic E-state index is 13.1. The van der Waals surface area contributed by atoms with Crippen molar-refractivity contribution in [1.82, 2.24) is 4.90 Å². The second-order valence-electron chi connectivity index (χ2n) is 5.61. The van der Waals surface area contributed by atoms with Gasteiger partial charge in [0.25, 0.3) is 0 Å². The van der Waals surface area contributed by atoms with Crippen LogP contribution in [0, 0.1) is 5.41 Å². The summed E-state index contributed by atoms with van der Waals surface area (Å²) in [6.45, 7) is 4.06. The molecule has 1 saturated heterocycles. The quantitative estimate of drug-likeness (QED) is 0.791. The highest BCUT2D eigenvalue weighted by molar-refractivity contribution is 5.11. The Bertz CT molecular complexity index is 280. The Morgan fingerprint density at radius 2 is 1.71 bits per heavy atom. The molecule has 2 aliphatic rings. The molecule has 0 aromatic carbocycles. The highest BCUT2D eigenvalue weighted by atomic mass is 19.3. The fourth-order valence-corrected chi connectivity index (χ4v) is 3.30. The largest absolute Gasteiger partial charge is 0.396 e. The molecule has 0 bridgehead atoms. The van der Waals surface area contributed by atoms with Crippen molar-refractivity contribution in [3.63, 3.8) is 0 Å². The topological polar surface area (TPSA) is 43.7 Å². The highest BCUT2D eigenvalue weighted by Gasteiger charge is 2.65. The zero-order valence-electron chi connectivity index (χ0n) is 10.3. The smallest absolute Gasteiger partial charge is 0.249 e. The van der Waals surface area contributed by atoms with Crippen LogP contribution in [0.25, 0.3) is 0 Å². The Balaban J connectivity index is 2.06. The van der Waals surface area contributed by atoms with E-state index in [-0.39, 0.29) is 19.4 Å². The lowest BCUT2D eigenvalue weighted by atomic mass is 9.54. The first-order chi connectivity index (χ1) is 7.86. The molecule has 0 amide bonds. The maximum Gasteiger partial charge on any atom is 0.249 e. The van der Waals surface area contributed by atoms with E-state index in [1.807, 2.05) is 6.92 Å². The second kappa shape index (κ2) is 4.14. The first-order valence-electron chi connectivity index (χ1n) is 6.30. The summed E-state index contributed by atoms with van der Waals surface area (Å²) in [5, 5.41) is 20.0. The van der Waals surface area contributed by atoms with Gasteiger partial charge in [0.1, 0.15) is 0 Å². The van der Waals surface area contributed by atoms with E-state index in [2.05, 4.69) is 4.90 Å². The molecular formula is C12H21F2NO2. The molecule has 0 atom stereocenters. The number of rotatable bonds is 3. The number of aliphatic hydroxyl groups is 2. The molecule has 100 valence electrons. The summed E-state index contributed by atoms with van der Waals surface area (Å²) in [5.74, 6) is -2.71. The van der Waals surface area contributed by atoms with Crippen LogP contribution in [0.2, 0.25) is 0 Å². The minimum Gasteiger partial charge on any atom is -0.396 e. The average molecular weight is 249 g/mol. The number of nitrogens with zero attached hydrogens (tertiary/aromatic N) is 1. The van der Waals surface area contributed by atoms with Crippen molar-refractivity contribution in [2.75, 3.05) is 26.2 Å². The van der Waals surface area contributed by atoms with Gasteiger partial charge in [0.2, 0.25) is 5.92 Å². The van der Waals surface area contributed by atoms with Gasteiger partial charge >= 0.3 is 0 Å². The number of alkyl halides is 2. The molecule has 0 aromatic rings. The molecular weight excluding hydrogens is 228 g/mol. The molecule has 0 radical (unpaired) electrons. The zero-order valence-corrected chi connectivity index (χ0v) is 10.3. The molecule has 2 rings (SSSR count). The van der Waals surface area contributed by atoms with Crippen LogP contribution in [0.5, 0.6) is 0 Å². The zero-order chi connectivity index (χ0) is 12.7. The molecule has 2 N–H and O–H groups in total. The maximum absolute atomic E-state index is 13.1. The average Bonchev–Trinajstić information content (AvgIpc) is 2.26. The molecule has 1 aliphatic heterocycles. The van der Waals surface area contributed by atoms with Crippen LogP contribution in [-0.2, 0) is 0 Å². The second-order valence-corrected chi connectivity index (χ2v) is 5.61. The van der Waals surface area contributed by atoms with E-state index in [1.54, 1.807) is 0 Å². The van der Waals surface area contributed by atoms with E-state index in [4.69, 9.17) is 0 Å². The monoisotopic (exact) mass is 249 g/mol. The Kier molecular flexibility index (Phi) is 3.21. The standard InChI is InChI=1S/C12H21F2NO2/c1-2-15-5-3-11(17,4-6-15)10(9-16)7-12(13,14)8-10/h16-17H,2-9H2,1H3. The predicted octanol–water partition coefficient (Wildman–Crippen LogP) is 1.24. The molecule has 0 spiro atoms. The van der Waals surface area contributed by atoms with E-state index >= 15 is 0 Å². The van der Waals surface area contributed by atoms with Gasteiger partial charge in [0.05, 0.1) is 12.2 Å². The summed E-state index contributed by atoms with van der Waals surface area (Å²) < 4.78 is 26.1. The third-order valence-electron chi connectivity index (χ3n) is 4.61. The van der Waals surface area contributed by atoms with E-state index in [0.717, 1.165) is 19.6 Å². The van der Waals surface area contributed by atoms with Crippen molar-refractivity contribution < 1.29 is 19.0 Å². The molecule has 1 heterocycles. The van der Waals surface area contributed by atoms with Crippen LogP contribution in [0.1, 0.15) is 32.6 Å². The number of likely N-dealkylation sites (tertiary alicyclic amines) is 1. The number of aliphatic hydroxyl groups excluding tert-OH is 1. The van der Waals surface area contributed by atoms with Crippen LogP contribution in [0.3, 0.4) is 0 Å². The van der Waals surface area contributed by atoms with E-state index in [0.29, 0.717) is 12.8 Å².